The molecule has 0 radical (unpaired) electrons. The topological polar surface area (TPSA) is 107 Å². The van der Waals surface area contributed by atoms with E-state index in [9.17, 15) is 9.59 Å². The Kier molecular flexibility index (Phi) is 5.42. The highest BCUT2D eigenvalue weighted by Crippen LogP contribution is 2.44. The maximum Gasteiger partial charge on any atom is 0.404 e. The number of amides is 2. The second-order valence-corrected chi connectivity index (χ2v) is 9.66. The zero-order valence-electron chi connectivity index (χ0n) is 17.7. The van der Waals surface area contributed by atoms with Crippen molar-refractivity contribution in [1.82, 2.24) is 15.3 Å². The molecule has 4 heterocycles. The van der Waals surface area contributed by atoms with Crippen molar-refractivity contribution in [3.63, 3.8) is 0 Å². The van der Waals surface area contributed by atoms with Crippen LogP contribution in [0.3, 0.4) is 0 Å². The number of rotatable bonds is 5. The molecule has 1 aliphatic carbocycles. The lowest BCUT2D eigenvalue weighted by Gasteiger charge is -2.38. The Hall–Kier alpha value is -3.20. The molecule has 0 spiro atoms. The van der Waals surface area contributed by atoms with Crippen molar-refractivity contribution >= 4 is 44.9 Å². The predicted octanol–water partition coefficient (Wildman–Crippen LogP) is 4.30. The minimum Gasteiger partial charge on any atom is -0.465 e. The van der Waals surface area contributed by atoms with Crippen molar-refractivity contribution in [2.75, 3.05) is 23.3 Å². The SMILES string of the molecule is C[C@@H]1C[C@H](NC(=O)O)CN(c2ccncc2NC(=O)c2ccc3scc(C4CC4)c3n2)C1. The summed E-state index contributed by atoms with van der Waals surface area (Å²) in [7, 11) is 0. The summed E-state index contributed by atoms with van der Waals surface area (Å²) >= 11 is 1.67. The van der Waals surface area contributed by atoms with Gasteiger partial charge in [-0.15, -0.1) is 11.3 Å². The van der Waals surface area contributed by atoms with Gasteiger partial charge in [-0.2, -0.15) is 0 Å². The third-order valence-corrected chi connectivity index (χ3v) is 7.02. The summed E-state index contributed by atoms with van der Waals surface area (Å²) in [6, 6.07) is 5.41. The van der Waals surface area contributed by atoms with Crippen molar-refractivity contribution in [2.24, 2.45) is 5.92 Å². The molecule has 5 rings (SSSR count). The number of hydrogen-bond acceptors (Lipinski definition) is 6. The Morgan fingerprint density at radius 1 is 1.22 bits per heavy atom. The summed E-state index contributed by atoms with van der Waals surface area (Å²) in [5, 5.41) is 16.9. The fourth-order valence-electron chi connectivity index (χ4n) is 4.51. The maximum absolute atomic E-state index is 13.1. The molecule has 0 bridgehead atoms. The Labute approximate surface area is 189 Å². The monoisotopic (exact) mass is 451 g/mol. The molecule has 3 aromatic rings. The smallest absolute Gasteiger partial charge is 0.404 e. The van der Waals surface area contributed by atoms with Crippen LogP contribution in [0.2, 0.25) is 0 Å². The predicted molar refractivity (Wildman–Crippen MR) is 125 cm³/mol. The van der Waals surface area contributed by atoms with Gasteiger partial charge in [0.05, 0.1) is 27.8 Å². The highest BCUT2D eigenvalue weighted by atomic mass is 32.1. The molecule has 2 fully saturated rings. The molecule has 1 saturated heterocycles. The number of thiophene rings is 1. The first-order chi connectivity index (χ1) is 15.5. The molecule has 2 atom stereocenters. The van der Waals surface area contributed by atoms with Crippen molar-refractivity contribution in [1.29, 1.82) is 0 Å². The molecular formula is C23H25N5O3S. The summed E-state index contributed by atoms with van der Waals surface area (Å²) in [6.45, 7) is 3.40. The molecule has 2 aliphatic rings. The van der Waals surface area contributed by atoms with E-state index in [1.807, 2.05) is 12.1 Å². The van der Waals surface area contributed by atoms with Gasteiger partial charge in [0.1, 0.15) is 5.69 Å². The summed E-state index contributed by atoms with van der Waals surface area (Å²) in [4.78, 5) is 35.2. The van der Waals surface area contributed by atoms with Crippen LogP contribution in [0.1, 0.15) is 48.2 Å². The Balaban J connectivity index is 1.38. The van der Waals surface area contributed by atoms with E-state index in [-0.39, 0.29) is 11.9 Å². The van der Waals surface area contributed by atoms with Gasteiger partial charge in [0.2, 0.25) is 0 Å². The Morgan fingerprint density at radius 3 is 2.84 bits per heavy atom. The van der Waals surface area contributed by atoms with Crippen LogP contribution in [0.5, 0.6) is 0 Å². The summed E-state index contributed by atoms with van der Waals surface area (Å²) in [5.41, 5.74) is 3.98. The second kappa shape index (κ2) is 8.38. The number of carbonyl (C=O) groups is 2. The minimum atomic E-state index is -1.02. The molecule has 0 aromatic carbocycles. The lowest BCUT2D eigenvalue weighted by atomic mass is 9.95. The van der Waals surface area contributed by atoms with Crippen LogP contribution >= 0.6 is 11.3 Å². The number of pyridine rings is 2. The summed E-state index contributed by atoms with van der Waals surface area (Å²) in [6.07, 6.45) is 5.45. The first-order valence-corrected chi connectivity index (χ1v) is 11.7. The molecule has 166 valence electrons. The number of hydrogen-bond donors (Lipinski definition) is 3. The number of anilines is 2. The van der Waals surface area contributed by atoms with Crippen molar-refractivity contribution < 1.29 is 14.7 Å². The van der Waals surface area contributed by atoms with Gasteiger partial charge in [-0.05, 0) is 60.2 Å². The lowest BCUT2D eigenvalue weighted by molar-refractivity contribution is 0.102. The standard InChI is InChI=1S/C23H25N5O3S/c1-13-8-15(25-23(30)31)11-28(10-13)19-6-7-24-9-18(19)27-22(29)17-4-5-20-21(26-17)16(12-32-20)14-2-3-14/h4-7,9,12-15,25H,2-3,8,10-11H2,1H3,(H,27,29)(H,30,31)/t13-,15+/m1/s1. The van der Waals surface area contributed by atoms with E-state index in [1.165, 1.54) is 18.4 Å². The normalized spacial score (nSPS) is 20.8. The van der Waals surface area contributed by atoms with E-state index in [0.29, 0.717) is 29.8 Å². The molecule has 8 nitrogen and oxygen atoms in total. The average Bonchev–Trinajstić information content (AvgIpc) is 3.51. The second-order valence-electron chi connectivity index (χ2n) is 8.75. The largest absolute Gasteiger partial charge is 0.465 e. The summed E-state index contributed by atoms with van der Waals surface area (Å²) in [5.74, 6) is 0.605. The zero-order valence-corrected chi connectivity index (χ0v) is 18.6. The number of carboxylic acid groups (broad SMARTS) is 1. The molecule has 1 aliphatic heterocycles. The van der Waals surface area contributed by atoms with E-state index in [1.54, 1.807) is 29.8 Å². The highest BCUT2D eigenvalue weighted by Gasteiger charge is 2.29. The fourth-order valence-corrected chi connectivity index (χ4v) is 5.49. The summed E-state index contributed by atoms with van der Waals surface area (Å²) < 4.78 is 1.10. The van der Waals surface area contributed by atoms with Gasteiger partial charge in [0, 0.05) is 25.3 Å². The number of nitrogens with one attached hydrogen (secondary N) is 2. The molecule has 32 heavy (non-hydrogen) atoms. The number of carbonyl (C=O) groups excluding carboxylic acids is 1. The number of piperidine rings is 1. The van der Waals surface area contributed by atoms with Gasteiger partial charge in [0.25, 0.3) is 5.91 Å². The van der Waals surface area contributed by atoms with Gasteiger partial charge >= 0.3 is 6.09 Å². The van der Waals surface area contributed by atoms with Gasteiger partial charge in [0.15, 0.2) is 0 Å². The van der Waals surface area contributed by atoms with Crippen LogP contribution < -0.4 is 15.5 Å². The van der Waals surface area contributed by atoms with Gasteiger partial charge in [-0.3, -0.25) is 9.78 Å². The first-order valence-electron chi connectivity index (χ1n) is 10.9. The van der Waals surface area contributed by atoms with Crippen molar-refractivity contribution in [3.8, 4) is 0 Å². The molecule has 1 saturated carbocycles. The van der Waals surface area contributed by atoms with Crippen molar-refractivity contribution in [3.05, 3.63) is 47.2 Å². The van der Waals surface area contributed by atoms with Crippen LogP contribution in [0.25, 0.3) is 10.2 Å². The van der Waals surface area contributed by atoms with Crippen LogP contribution in [-0.2, 0) is 0 Å². The van der Waals surface area contributed by atoms with Gasteiger partial charge in [-0.25, -0.2) is 9.78 Å². The molecule has 9 heteroatoms. The van der Waals surface area contributed by atoms with E-state index in [4.69, 9.17) is 5.11 Å². The lowest BCUT2D eigenvalue weighted by Crippen LogP contribution is -2.50. The maximum atomic E-state index is 13.1. The van der Waals surface area contributed by atoms with Crippen LogP contribution in [-0.4, -0.2) is 46.2 Å². The van der Waals surface area contributed by atoms with E-state index in [0.717, 1.165) is 28.9 Å². The van der Waals surface area contributed by atoms with Gasteiger partial charge in [-0.1, -0.05) is 6.92 Å². The average molecular weight is 452 g/mol. The number of aromatic nitrogens is 2. The number of nitrogens with zero attached hydrogens (tertiary/aromatic N) is 3. The number of fused-ring (bicyclic) bond motifs is 1. The third kappa shape index (κ3) is 4.25. The highest BCUT2D eigenvalue weighted by molar-refractivity contribution is 7.17. The zero-order chi connectivity index (χ0) is 22.2. The van der Waals surface area contributed by atoms with E-state index in [2.05, 4.69) is 37.8 Å². The first kappa shape index (κ1) is 20.7. The molecule has 2 amide bonds. The molecule has 3 N–H and O–H groups in total. The molecule has 0 unspecified atom stereocenters. The Bertz CT molecular complexity index is 1180. The van der Waals surface area contributed by atoms with Gasteiger partial charge < -0.3 is 20.6 Å². The van der Waals surface area contributed by atoms with Crippen LogP contribution in [0, 0.1) is 5.92 Å². The minimum absolute atomic E-state index is 0.170. The molecular weight excluding hydrogens is 426 g/mol. The fraction of sp³-hybridized carbons (Fsp3) is 0.391. The van der Waals surface area contributed by atoms with Crippen molar-refractivity contribution in [2.45, 2.75) is 38.1 Å². The molecule has 3 aromatic heterocycles. The van der Waals surface area contributed by atoms with Crippen LogP contribution in [0.4, 0.5) is 16.2 Å². The van der Waals surface area contributed by atoms with E-state index < -0.39 is 6.09 Å². The third-order valence-electron chi connectivity index (χ3n) is 6.07. The quantitative estimate of drug-likeness (QED) is 0.534. The Morgan fingerprint density at radius 2 is 2.06 bits per heavy atom. The van der Waals surface area contributed by atoms with E-state index >= 15 is 0 Å². The van der Waals surface area contributed by atoms with Crippen LogP contribution in [0.15, 0.2) is 36.0 Å².